The summed E-state index contributed by atoms with van der Waals surface area (Å²) in [4.78, 5) is 2.44. The summed E-state index contributed by atoms with van der Waals surface area (Å²) in [7, 11) is 2.22. The summed E-state index contributed by atoms with van der Waals surface area (Å²) in [6.45, 7) is 7.01. The van der Waals surface area contributed by atoms with E-state index < -0.39 is 0 Å². The summed E-state index contributed by atoms with van der Waals surface area (Å²) >= 11 is 1.78. The SMILES string of the molecule is CN(Cc1ccsc1)CC1(C)CCNC1. The molecule has 0 aliphatic carbocycles. The molecule has 1 aromatic heterocycles. The van der Waals surface area contributed by atoms with E-state index in [1.165, 1.54) is 31.6 Å². The van der Waals surface area contributed by atoms with Gasteiger partial charge in [0.25, 0.3) is 0 Å². The van der Waals surface area contributed by atoms with Crippen LogP contribution in [0.2, 0.25) is 0 Å². The van der Waals surface area contributed by atoms with Crippen molar-refractivity contribution in [3.05, 3.63) is 22.4 Å². The number of nitrogens with zero attached hydrogens (tertiary/aromatic N) is 1. The first-order chi connectivity index (χ1) is 7.18. The van der Waals surface area contributed by atoms with Gasteiger partial charge < -0.3 is 10.2 Å². The molecule has 3 heteroatoms. The van der Waals surface area contributed by atoms with Gasteiger partial charge in [-0.3, -0.25) is 0 Å². The largest absolute Gasteiger partial charge is 0.316 e. The van der Waals surface area contributed by atoms with Crippen molar-refractivity contribution in [1.82, 2.24) is 10.2 Å². The molecule has 0 aromatic carbocycles. The normalized spacial score (nSPS) is 26.3. The van der Waals surface area contributed by atoms with Gasteiger partial charge in [0, 0.05) is 19.6 Å². The van der Waals surface area contributed by atoms with E-state index in [0.717, 1.165) is 6.54 Å². The summed E-state index contributed by atoms with van der Waals surface area (Å²) in [6, 6.07) is 2.22. The molecule has 2 heterocycles. The van der Waals surface area contributed by atoms with E-state index in [4.69, 9.17) is 0 Å². The Morgan fingerprint density at radius 1 is 1.60 bits per heavy atom. The van der Waals surface area contributed by atoms with Crippen molar-refractivity contribution in [1.29, 1.82) is 0 Å². The first-order valence-electron chi connectivity index (χ1n) is 5.58. The molecule has 0 saturated carbocycles. The van der Waals surface area contributed by atoms with E-state index in [-0.39, 0.29) is 0 Å². The monoisotopic (exact) mass is 224 g/mol. The van der Waals surface area contributed by atoms with Gasteiger partial charge in [-0.15, -0.1) is 0 Å². The van der Waals surface area contributed by atoms with Gasteiger partial charge in [0.05, 0.1) is 0 Å². The molecule has 2 nitrogen and oxygen atoms in total. The molecule has 2 rings (SSSR count). The minimum Gasteiger partial charge on any atom is -0.316 e. The molecule has 1 fully saturated rings. The number of rotatable bonds is 4. The van der Waals surface area contributed by atoms with Crippen LogP contribution < -0.4 is 5.32 Å². The first kappa shape index (κ1) is 11.1. The van der Waals surface area contributed by atoms with Gasteiger partial charge in [-0.2, -0.15) is 11.3 Å². The summed E-state index contributed by atoms with van der Waals surface area (Å²) in [5, 5.41) is 7.85. The standard InChI is InChI=1S/C12H20N2S/c1-12(4-5-13-9-12)10-14(2)7-11-3-6-15-8-11/h3,6,8,13H,4-5,7,9-10H2,1-2H3. The zero-order valence-electron chi connectivity index (χ0n) is 9.62. The Balaban J connectivity index is 1.84. The smallest absolute Gasteiger partial charge is 0.0239 e. The number of nitrogens with one attached hydrogen (secondary N) is 1. The van der Waals surface area contributed by atoms with Crippen LogP contribution in [0, 0.1) is 5.41 Å². The van der Waals surface area contributed by atoms with Gasteiger partial charge in [-0.1, -0.05) is 6.92 Å². The predicted octanol–water partition coefficient (Wildman–Crippen LogP) is 2.18. The lowest BCUT2D eigenvalue weighted by atomic mass is 9.89. The molecule has 1 saturated heterocycles. The molecule has 0 radical (unpaired) electrons. The van der Waals surface area contributed by atoms with Crippen LogP contribution in [0.4, 0.5) is 0 Å². The Morgan fingerprint density at radius 2 is 2.47 bits per heavy atom. The van der Waals surface area contributed by atoms with E-state index in [1.807, 2.05) is 0 Å². The maximum atomic E-state index is 3.45. The van der Waals surface area contributed by atoms with Crippen LogP contribution in [0.15, 0.2) is 16.8 Å². The third-order valence-electron chi connectivity index (χ3n) is 3.14. The molecule has 1 atom stereocenters. The molecule has 0 bridgehead atoms. The molecule has 1 aromatic rings. The molecule has 1 N–H and O–H groups in total. The highest BCUT2D eigenvalue weighted by Gasteiger charge is 2.29. The topological polar surface area (TPSA) is 15.3 Å². The van der Waals surface area contributed by atoms with Crippen molar-refractivity contribution >= 4 is 11.3 Å². The van der Waals surface area contributed by atoms with Crippen LogP contribution in [0.3, 0.4) is 0 Å². The Hall–Kier alpha value is -0.380. The zero-order valence-corrected chi connectivity index (χ0v) is 10.4. The number of thiophene rings is 1. The molecule has 0 amide bonds. The number of hydrogen-bond donors (Lipinski definition) is 1. The van der Waals surface area contributed by atoms with Crippen LogP contribution in [0.25, 0.3) is 0 Å². The van der Waals surface area contributed by atoms with Gasteiger partial charge in [-0.25, -0.2) is 0 Å². The van der Waals surface area contributed by atoms with Gasteiger partial charge in [-0.05, 0) is 47.8 Å². The van der Waals surface area contributed by atoms with Crippen molar-refractivity contribution in [3.8, 4) is 0 Å². The molecule has 15 heavy (non-hydrogen) atoms. The minimum atomic E-state index is 0.477. The van der Waals surface area contributed by atoms with Crippen LogP contribution in [-0.2, 0) is 6.54 Å². The Labute approximate surface area is 96.3 Å². The second kappa shape index (κ2) is 4.64. The maximum Gasteiger partial charge on any atom is 0.0239 e. The maximum absolute atomic E-state index is 3.45. The van der Waals surface area contributed by atoms with E-state index >= 15 is 0 Å². The van der Waals surface area contributed by atoms with Crippen LogP contribution in [0.1, 0.15) is 18.9 Å². The predicted molar refractivity (Wildman–Crippen MR) is 66.2 cm³/mol. The third-order valence-corrected chi connectivity index (χ3v) is 3.87. The molecule has 1 aliphatic heterocycles. The summed E-state index contributed by atoms with van der Waals surface area (Å²) in [5.41, 5.74) is 1.92. The van der Waals surface area contributed by atoms with Crippen molar-refractivity contribution in [2.24, 2.45) is 5.41 Å². The van der Waals surface area contributed by atoms with Gasteiger partial charge in [0.2, 0.25) is 0 Å². The molecule has 0 spiro atoms. The van der Waals surface area contributed by atoms with Gasteiger partial charge >= 0.3 is 0 Å². The average molecular weight is 224 g/mol. The second-order valence-electron chi connectivity index (χ2n) is 5.04. The fraction of sp³-hybridized carbons (Fsp3) is 0.667. The lowest BCUT2D eigenvalue weighted by Crippen LogP contribution is -2.34. The molecular weight excluding hydrogens is 204 g/mol. The van der Waals surface area contributed by atoms with Crippen molar-refractivity contribution < 1.29 is 0 Å². The summed E-state index contributed by atoms with van der Waals surface area (Å²) in [6.07, 6.45) is 1.31. The second-order valence-corrected chi connectivity index (χ2v) is 5.82. The fourth-order valence-electron chi connectivity index (χ4n) is 2.41. The van der Waals surface area contributed by atoms with Crippen LogP contribution >= 0.6 is 11.3 Å². The lowest BCUT2D eigenvalue weighted by Gasteiger charge is -2.29. The lowest BCUT2D eigenvalue weighted by molar-refractivity contribution is 0.203. The summed E-state index contributed by atoms with van der Waals surface area (Å²) < 4.78 is 0. The Bertz CT molecular complexity index is 289. The van der Waals surface area contributed by atoms with E-state index in [0.29, 0.717) is 5.41 Å². The van der Waals surface area contributed by atoms with E-state index in [2.05, 4.69) is 41.0 Å². The third kappa shape index (κ3) is 3.03. The van der Waals surface area contributed by atoms with Crippen LogP contribution in [-0.4, -0.2) is 31.6 Å². The Morgan fingerprint density at radius 3 is 3.07 bits per heavy atom. The van der Waals surface area contributed by atoms with Crippen molar-refractivity contribution in [2.75, 3.05) is 26.7 Å². The van der Waals surface area contributed by atoms with Crippen molar-refractivity contribution in [3.63, 3.8) is 0 Å². The highest BCUT2D eigenvalue weighted by Crippen LogP contribution is 2.25. The molecule has 1 aliphatic rings. The number of hydrogen-bond acceptors (Lipinski definition) is 3. The zero-order chi connectivity index (χ0) is 10.7. The summed E-state index contributed by atoms with van der Waals surface area (Å²) in [5.74, 6) is 0. The van der Waals surface area contributed by atoms with Gasteiger partial charge in [0.15, 0.2) is 0 Å². The highest BCUT2D eigenvalue weighted by molar-refractivity contribution is 7.07. The molecular formula is C12H20N2S. The highest BCUT2D eigenvalue weighted by atomic mass is 32.1. The first-order valence-corrected chi connectivity index (χ1v) is 6.53. The molecule has 1 unspecified atom stereocenters. The quantitative estimate of drug-likeness (QED) is 0.843. The Kier molecular flexibility index (Phi) is 3.44. The van der Waals surface area contributed by atoms with Crippen LogP contribution in [0.5, 0.6) is 0 Å². The van der Waals surface area contributed by atoms with E-state index in [9.17, 15) is 0 Å². The molecule has 84 valence electrons. The van der Waals surface area contributed by atoms with Gasteiger partial charge in [0.1, 0.15) is 0 Å². The minimum absolute atomic E-state index is 0.477. The fourth-order valence-corrected chi connectivity index (χ4v) is 3.07. The van der Waals surface area contributed by atoms with Crippen molar-refractivity contribution in [2.45, 2.75) is 19.9 Å². The average Bonchev–Trinajstić information content (AvgIpc) is 2.76. The van der Waals surface area contributed by atoms with E-state index in [1.54, 1.807) is 11.3 Å².